The Bertz CT molecular complexity index is 1670. The number of carboxylic acids is 1. The van der Waals surface area contributed by atoms with Gasteiger partial charge < -0.3 is 24.8 Å². The van der Waals surface area contributed by atoms with Crippen LogP contribution in [-0.4, -0.2) is 61.5 Å². The predicted octanol–water partition coefficient (Wildman–Crippen LogP) is 6.76. The third kappa shape index (κ3) is 4.87. The smallest absolute Gasteiger partial charge is 0.335 e. The van der Waals surface area contributed by atoms with E-state index >= 15 is 4.39 Å². The van der Waals surface area contributed by atoms with E-state index in [9.17, 15) is 14.7 Å². The number of carbonyl (C=O) groups excluding carboxylic acids is 1. The first-order chi connectivity index (χ1) is 21.7. The highest BCUT2D eigenvalue weighted by Crippen LogP contribution is 2.61. The van der Waals surface area contributed by atoms with Gasteiger partial charge in [0.15, 0.2) is 0 Å². The average molecular weight is 655 g/mol. The van der Waals surface area contributed by atoms with E-state index < -0.39 is 23.2 Å². The van der Waals surface area contributed by atoms with Crippen molar-refractivity contribution in [1.29, 1.82) is 0 Å². The molecule has 1 amide bonds. The summed E-state index contributed by atoms with van der Waals surface area (Å²) < 4.78 is 28.1. The van der Waals surface area contributed by atoms with Crippen molar-refractivity contribution in [3.8, 4) is 5.75 Å². The zero-order valence-corrected chi connectivity index (χ0v) is 26.3. The molecule has 0 aromatic heterocycles. The lowest BCUT2D eigenvalue weighted by atomic mass is 9.71. The Balaban J connectivity index is 1.36. The Morgan fingerprint density at radius 2 is 1.98 bits per heavy atom. The van der Waals surface area contributed by atoms with E-state index in [4.69, 9.17) is 32.7 Å². The molecule has 3 aliphatic heterocycles. The van der Waals surface area contributed by atoms with Crippen molar-refractivity contribution in [1.82, 2.24) is 4.90 Å². The number of aromatic carboxylic acids is 1. The molecule has 8 nitrogen and oxygen atoms in total. The number of benzene rings is 3. The monoisotopic (exact) mass is 653 g/mol. The molecule has 0 radical (unpaired) electrons. The molecule has 7 rings (SSSR count). The number of hydrogen-bond acceptors (Lipinski definition) is 6. The van der Waals surface area contributed by atoms with E-state index in [1.807, 2.05) is 11.0 Å². The number of likely N-dealkylation sites (tertiary alicyclic amines) is 1. The standard InChI is InChI=1S/C34H34Cl2FN3O5/c1-44-29-14-20(32(41)42)8-11-28(29)39-13-12-27-23(17-45-18-39)30(22-6-3-7-25(36)31(22)37)34(40(27)16-19-4-2-5-19)24-10-9-21(35)15-26(24)38-33(34)43/h3,6-11,14-15,19,23,27,30H,2,4-5,12-13,16-18H2,1H3,(H,38,43)(H,41,42)/t23-,27+,30+,34-/m1/s1. The Kier molecular flexibility index (Phi) is 7.92. The van der Waals surface area contributed by atoms with Gasteiger partial charge in [-0.1, -0.05) is 47.8 Å². The normalized spacial score (nSPS) is 26.5. The van der Waals surface area contributed by atoms with Crippen molar-refractivity contribution >= 4 is 46.5 Å². The number of carboxylic acid groups (broad SMARTS) is 1. The number of halogens is 3. The summed E-state index contributed by atoms with van der Waals surface area (Å²) in [5.41, 5.74) is 1.48. The minimum atomic E-state index is -1.20. The SMILES string of the molecule is COc1cc(C(=O)O)ccc1N1CC[C@H]2[C@@H](COC1)[C@H](c1cccc(Cl)c1F)[C@]1(C(=O)Nc3cc(Cl)ccc31)N2CC1CCC1. The molecule has 4 aliphatic rings. The summed E-state index contributed by atoms with van der Waals surface area (Å²) in [6, 6.07) is 15.1. The number of ether oxygens (including phenoxy) is 2. The van der Waals surface area contributed by atoms with Crippen LogP contribution in [0.3, 0.4) is 0 Å². The lowest BCUT2D eigenvalue weighted by molar-refractivity contribution is -0.128. The number of methoxy groups -OCH3 is 1. The molecule has 3 aromatic carbocycles. The molecule has 0 unspecified atom stereocenters. The van der Waals surface area contributed by atoms with Crippen LogP contribution in [0.2, 0.25) is 10.0 Å². The van der Waals surface area contributed by atoms with Crippen molar-refractivity contribution in [2.45, 2.75) is 43.2 Å². The first-order valence-corrected chi connectivity index (χ1v) is 16.1. The lowest BCUT2D eigenvalue weighted by Crippen LogP contribution is -2.54. The molecular formula is C34H34Cl2FN3O5. The molecule has 45 heavy (non-hydrogen) atoms. The number of rotatable bonds is 6. The zero-order chi connectivity index (χ0) is 31.5. The van der Waals surface area contributed by atoms with E-state index in [1.165, 1.54) is 19.2 Å². The molecule has 3 aromatic rings. The highest BCUT2D eigenvalue weighted by Gasteiger charge is 2.67. The van der Waals surface area contributed by atoms with Gasteiger partial charge in [0.25, 0.3) is 0 Å². The van der Waals surface area contributed by atoms with Crippen LogP contribution in [0, 0.1) is 17.7 Å². The number of carbonyl (C=O) groups is 2. The third-order valence-electron chi connectivity index (χ3n) is 10.2. The van der Waals surface area contributed by atoms with Crippen LogP contribution in [-0.2, 0) is 15.1 Å². The fraction of sp³-hybridized carbons (Fsp3) is 0.412. The summed E-state index contributed by atoms with van der Waals surface area (Å²) in [7, 11) is 1.51. The molecule has 236 valence electrons. The highest BCUT2D eigenvalue weighted by atomic mass is 35.5. The van der Waals surface area contributed by atoms with E-state index in [2.05, 4.69) is 10.2 Å². The van der Waals surface area contributed by atoms with Gasteiger partial charge >= 0.3 is 5.97 Å². The van der Waals surface area contributed by atoms with Crippen LogP contribution in [0.5, 0.6) is 5.75 Å². The van der Waals surface area contributed by atoms with E-state index in [1.54, 1.807) is 36.4 Å². The topological polar surface area (TPSA) is 91.3 Å². The van der Waals surface area contributed by atoms with Gasteiger partial charge in [-0.2, -0.15) is 0 Å². The molecule has 11 heteroatoms. The Hall–Kier alpha value is -3.37. The van der Waals surface area contributed by atoms with Gasteiger partial charge in [0.1, 0.15) is 23.8 Å². The third-order valence-corrected chi connectivity index (χ3v) is 10.8. The van der Waals surface area contributed by atoms with Crippen LogP contribution >= 0.6 is 23.2 Å². The van der Waals surface area contributed by atoms with Gasteiger partial charge in [-0.15, -0.1) is 0 Å². The van der Waals surface area contributed by atoms with Crippen LogP contribution < -0.4 is 15.0 Å². The second-order valence-corrected chi connectivity index (χ2v) is 13.3. The summed E-state index contributed by atoms with van der Waals surface area (Å²) in [6.07, 6.45) is 3.95. The summed E-state index contributed by atoms with van der Waals surface area (Å²) in [5.74, 6) is -1.72. The molecular weight excluding hydrogens is 620 g/mol. The van der Waals surface area contributed by atoms with E-state index in [0.717, 1.165) is 30.5 Å². The number of nitrogens with one attached hydrogen (secondary N) is 1. The molecule has 2 N–H and O–H groups in total. The average Bonchev–Trinajstić information content (AvgIpc) is 3.41. The molecule has 1 aliphatic carbocycles. The fourth-order valence-corrected chi connectivity index (χ4v) is 8.38. The van der Waals surface area contributed by atoms with Crippen molar-refractivity contribution in [3.05, 3.63) is 87.2 Å². The molecule has 2 saturated heterocycles. The van der Waals surface area contributed by atoms with Crippen LogP contribution in [0.1, 0.15) is 53.1 Å². The summed E-state index contributed by atoms with van der Waals surface area (Å²) in [5, 5.41) is 13.1. The summed E-state index contributed by atoms with van der Waals surface area (Å²) in [4.78, 5) is 30.5. The highest BCUT2D eigenvalue weighted by molar-refractivity contribution is 6.31. The molecule has 3 heterocycles. The van der Waals surface area contributed by atoms with Crippen LogP contribution in [0.4, 0.5) is 15.8 Å². The van der Waals surface area contributed by atoms with Crippen molar-refractivity contribution in [2.75, 3.05) is 43.8 Å². The minimum absolute atomic E-state index is 0.0150. The second kappa shape index (κ2) is 11.8. The number of amides is 1. The molecule has 4 atom stereocenters. The number of hydrogen-bond donors (Lipinski definition) is 2. The Morgan fingerprint density at radius 1 is 1.16 bits per heavy atom. The second-order valence-electron chi connectivity index (χ2n) is 12.5. The number of anilines is 2. The van der Waals surface area contributed by atoms with Gasteiger partial charge in [0.2, 0.25) is 5.91 Å². The van der Waals surface area contributed by atoms with Gasteiger partial charge in [-0.05, 0) is 67.1 Å². The van der Waals surface area contributed by atoms with Gasteiger partial charge in [-0.3, -0.25) is 9.69 Å². The van der Waals surface area contributed by atoms with E-state index in [-0.39, 0.29) is 41.8 Å². The van der Waals surface area contributed by atoms with Crippen molar-refractivity contribution in [3.63, 3.8) is 0 Å². The molecule has 1 saturated carbocycles. The van der Waals surface area contributed by atoms with Crippen molar-refractivity contribution < 1.29 is 28.6 Å². The number of nitrogens with zero attached hydrogens (tertiary/aromatic N) is 2. The quantitative estimate of drug-likeness (QED) is 0.304. The maximum absolute atomic E-state index is 16.1. The van der Waals surface area contributed by atoms with Gasteiger partial charge in [0, 0.05) is 47.2 Å². The van der Waals surface area contributed by atoms with Crippen LogP contribution in [0.15, 0.2) is 54.6 Å². The fourth-order valence-electron chi connectivity index (χ4n) is 8.03. The largest absolute Gasteiger partial charge is 0.495 e. The number of fused-ring (bicyclic) bond motifs is 3. The lowest BCUT2D eigenvalue weighted by Gasteiger charge is -2.43. The molecule has 3 fully saturated rings. The molecule has 0 bridgehead atoms. The summed E-state index contributed by atoms with van der Waals surface area (Å²) in [6.45, 7) is 1.71. The minimum Gasteiger partial charge on any atom is -0.495 e. The zero-order valence-electron chi connectivity index (χ0n) is 24.8. The Labute approximate surface area is 271 Å². The first kappa shape index (κ1) is 30.3. The van der Waals surface area contributed by atoms with Gasteiger partial charge in [0.05, 0.1) is 30.0 Å². The predicted molar refractivity (Wildman–Crippen MR) is 170 cm³/mol. The maximum Gasteiger partial charge on any atom is 0.335 e. The first-order valence-electron chi connectivity index (χ1n) is 15.3. The van der Waals surface area contributed by atoms with E-state index in [0.29, 0.717) is 47.5 Å². The summed E-state index contributed by atoms with van der Waals surface area (Å²) >= 11 is 12.8. The maximum atomic E-state index is 16.1. The van der Waals surface area contributed by atoms with Crippen molar-refractivity contribution in [2.24, 2.45) is 11.8 Å². The van der Waals surface area contributed by atoms with Crippen LogP contribution in [0.25, 0.3) is 0 Å². The van der Waals surface area contributed by atoms with Gasteiger partial charge in [-0.25, -0.2) is 9.18 Å². The Morgan fingerprint density at radius 3 is 2.71 bits per heavy atom. The molecule has 1 spiro atoms.